The van der Waals surface area contributed by atoms with E-state index in [0.717, 1.165) is 0 Å². The number of ether oxygens (including phenoxy) is 2. The molecule has 1 aliphatic heterocycles. The van der Waals surface area contributed by atoms with Crippen LogP contribution in [0.5, 0.6) is 11.5 Å². The van der Waals surface area contributed by atoms with Gasteiger partial charge in [-0.1, -0.05) is 0 Å². The third kappa shape index (κ3) is 2.10. The summed E-state index contributed by atoms with van der Waals surface area (Å²) in [5, 5.41) is 2.60. The molecule has 1 aliphatic rings. The largest absolute Gasteiger partial charge is 0.497 e. The van der Waals surface area contributed by atoms with E-state index < -0.39 is 9.84 Å². The van der Waals surface area contributed by atoms with E-state index in [0.29, 0.717) is 24.6 Å². The van der Waals surface area contributed by atoms with E-state index in [-0.39, 0.29) is 10.1 Å². The van der Waals surface area contributed by atoms with Crippen LogP contribution in [0.15, 0.2) is 23.1 Å². The second-order valence-corrected chi connectivity index (χ2v) is 6.04. The van der Waals surface area contributed by atoms with Crippen molar-refractivity contribution in [3.8, 4) is 11.5 Å². The number of hydrogen-bond acceptors (Lipinski definition) is 5. The second kappa shape index (κ2) is 4.54. The fourth-order valence-electron chi connectivity index (χ4n) is 1.67. The van der Waals surface area contributed by atoms with Crippen LogP contribution in [0.1, 0.15) is 0 Å². The van der Waals surface area contributed by atoms with Gasteiger partial charge >= 0.3 is 0 Å². The van der Waals surface area contributed by atoms with Crippen molar-refractivity contribution in [3.63, 3.8) is 0 Å². The van der Waals surface area contributed by atoms with Crippen LogP contribution < -0.4 is 14.8 Å². The molecule has 0 radical (unpaired) electrons. The van der Waals surface area contributed by atoms with Crippen LogP contribution >= 0.6 is 0 Å². The third-order valence-electron chi connectivity index (χ3n) is 2.86. The molecule has 17 heavy (non-hydrogen) atoms. The van der Waals surface area contributed by atoms with Crippen molar-refractivity contribution in [2.45, 2.75) is 10.1 Å². The number of methoxy groups -OCH3 is 2. The zero-order chi connectivity index (χ0) is 12.5. The number of rotatable bonds is 4. The molecule has 1 aromatic rings. The first-order valence-electron chi connectivity index (χ1n) is 5.26. The van der Waals surface area contributed by atoms with E-state index >= 15 is 0 Å². The van der Waals surface area contributed by atoms with Gasteiger partial charge in [-0.2, -0.15) is 0 Å². The highest BCUT2D eigenvalue weighted by Gasteiger charge is 2.34. The minimum Gasteiger partial charge on any atom is -0.497 e. The average Bonchev–Trinajstić information content (AvgIpc) is 2.25. The van der Waals surface area contributed by atoms with Crippen molar-refractivity contribution < 1.29 is 17.9 Å². The van der Waals surface area contributed by atoms with Gasteiger partial charge in [0, 0.05) is 19.2 Å². The van der Waals surface area contributed by atoms with Gasteiger partial charge in [-0.15, -0.1) is 0 Å². The van der Waals surface area contributed by atoms with E-state index in [4.69, 9.17) is 9.47 Å². The Morgan fingerprint density at radius 3 is 2.41 bits per heavy atom. The Morgan fingerprint density at radius 2 is 1.94 bits per heavy atom. The first kappa shape index (κ1) is 12.2. The van der Waals surface area contributed by atoms with Gasteiger partial charge in [-0.05, 0) is 12.1 Å². The van der Waals surface area contributed by atoms with Crippen LogP contribution in [0, 0.1) is 0 Å². The van der Waals surface area contributed by atoms with Gasteiger partial charge in [0.15, 0.2) is 9.84 Å². The summed E-state index contributed by atoms with van der Waals surface area (Å²) in [5.41, 5.74) is 0. The highest BCUT2D eigenvalue weighted by molar-refractivity contribution is 7.92. The highest BCUT2D eigenvalue weighted by Crippen LogP contribution is 2.31. The minimum atomic E-state index is -3.31. The maximum absolute atomic E-state index is 12.2. The molecular weight excluding hydrogens is 242 g/mol. The van der Waals surface area contributed by atoms with Crippen molar-refractivity contribution >= 4 is 9.84 Å². The highest BCUT2D eigenvalue weighted by atomic mass is 32.2. The molecule has 2 rings (SSSR count). The zero-order valence-electron chi connectivity index (χ0n) is 9.76. The Morgan fingerprint density at radius 1 is 1.24 bits per heavy atom. The van der Waals surface area contributed by atoms with Crippen molar-refractivity contribution in [2.75, 3.05) is 27.3 Å². The van der Waals surface area contributed by atoms with Gasteiger partial charge in [-0.25, -0.2) is 8.42 Å². The Balaban J connectivity index is 2.44. The smallest absolute Gasteiger partial charge is 0.187 e. The molecule has 1 heterocycles. The number of sulfone groups is 1. The fraction of sp³-hybridized carbons (Fsp3) is 0.455. The molecule has 0 bridgehead atoms. The minimum absolute atomic E-state index is 0.229. The van der Waals surface area contributed by atoms with E-state index in [9.17, 15) is 8.42 Å². The van der Waals surface area contributed by atoms with E-state index in [1.807, 2.05) is 0 Å². The molecule has 94 valence electrons. The lowest BCUT2D eigenvalue weighted by Gasteiger charge is -2.27. The van der Waals surface area contributed by atoms with Gasteiger partial charge in [0.05, 0.1) is 19.5 Å². The van der Waals surface area contributed by atoms with Gasteiger partial charge in [0.25, 0.3) is 0 Å². The van der Waals surface area contributed by atoms with Crippen LogP contribution in [0.4, 0.5) is 0 Å². The Kier molecular flexibility index (Phi) is 3.26. The van der Waals surface area contributed by atoms with Crippen LogP contribution in [0.3, 0.4) is 0 Å². The molecule has 0 aliphatic carbocycles. The molecule has 1 fully saturated rings. The Labute approximate surface area is 101 Å². The standard InChI is InChI=1S/C11H15NO4S/c1-15-8-3-4-11(10(5-8)16-2)17(13,14)9-6-12-7-9/h3-5,9,12H,6-7H2,1-2H3. The first-order valence-corrected chi connectivity index (χ1v) is 6.81. The molecule has 0 amide bonds. The molecular formula is C11H15NO4S. The zero-order valence-corrected chi connectivity index (χ0v) is 10.6. The lowest BCUT2D eigenvalue weighted by atomic mass is 10.3. The molecule has 0 unspecified atom stereocenters. The topological polar surface area (TPSA) is 64.6 Å². The molecule has 0 aromatic heterocycles. The van der Waals surface area contributed by atoms with Crippen molar-refractivity contribution in [3.05, 3.63) is 18.2 Å². The molecule has 1 N–H and O–H groups in total. The fourth-order valence-corrected chi connectivity index (χ4v) is 3.39. The normalized spacial score (nSPS) is 16.4. The summed E-state index contributed by atoms with van der Waals surface area (Å²) in [7, 11) is -0.335. The SMILES string of the molecule is COc1ccc(S(=O)(=O)C2CNC2)c(OC)c1. The monoisotopic (exact) mass is 257 g/mol. The number of benzene rings is 1. The number of hydrogen-bond donors (Lipinski definition) is 1. The lowest BCUT2D eigenvalue weighted by molar-refractivity contribution is 0.385. The lowest BCUT2D eigenvalue weighted by Crippen LogP contribution is -2.51. The molecule has 0 atom stereocenters. The predicted molar refractivity (Wildman–Crippen MR) is 63.4 cm³/mol. The summed E-state index contributed by atoms with van der Waals surface area (Å²) < 4.78 is 34.6. The Hall–Kier alpha value is -1.27. The first-order chi connectivity index (χ1) is 8.09. The van der Waals surface area contributed by atoms with Gasteiger partial charge in [-0.3, -0.25) is 0 Å². The van der Waals surface area contributed by atoms with Crippen LogP contribution in [-0.4, -0.2) is 41.0 Å². The van der Waals surface area contributed by atoms with Gasteiger partial charge < -0.3 is 14.8 Å². The molecule has 0 saturated carbocycles. The van der Waals surface area contributed by atoms with Crippen molar-refractivity contribution in [1.29, 1.82) is 0 Å². The van der Waals surface area contributed by atoms with Crippen molar-refractivity contribution in [1.82, 2.24) is 5.32 Å². The average molecular weight is 257 g/mol. The van der Waals surface area contributed by atoms with Crippen LogP contribution in [0.25, 0.3) is 0 Å². The summed E-state index contributed by atoms with van der Waals surface area (Å²) in [6, 6.07) is 4.74. The van der Waals surface area contributed by atoms with E-state index in [1.54, 1.807) is 12.1 Å². The molecule has 0 spiro atoms. The van der Waals surface area contributed by atoms with E-state index in [2.05, 4.69) is 5.32 Å². The molecule has 6 heteroatoms. The molecule has 1 aromatic carbocycles. The quantitative estimate of drug-likeness (QED) is 0.848. The Bertz CT molecular complexity index is 508. The maximum atomic E-state index is 12.2. The molecule has 5 nitrogen and oxygen atoms in total. The van der Waals surface area contributed by atoms with Gasteiger partial charge in [0.1, 0.15) is 16.4 Å². The summed E-state index contributed by atoms with van der Waals surface area (Å²) in [4.78, 5) is 0.229. The third-order valence-corrected chi connectivity index (χ3v) is 5.02. The van der Waals surface area contributed by atoms with E-state index in [1.165, 1.54) is 20.3 Å². The number of nitrogens with one attached hydrogen (secondary N) is 1. The molecule has 1 saturated heterocycles. The summed E-state index contributed by atoms with van der Waals surface area (Å²) in [6.45, 7) is 0.995. The maximum Gasteiger partial charge on any atom is 0.187 e. The summed E-state index contributed by atoms with van der Waals surface area (Å²) >= 11 is 0. The van der Waals surface area contributed by atoms with Crippen molar-refractivity contribution in [2.24, 2.45) is 0 Å². The van der Waals surface area contributed by atoms with Gasteiger partial charge in [0.2, 0.25) is 0 Å². The predicted octanol–water partition coefficient (Wildman–Crippen LogP) is 0.449. The van der Waals surface area contributed by atoms with Crippen LogP contribution in [-0.2, 0) is 9.84 Å². The summed E-state index contributed by atoms with van der Waals surface area (Å²) in [6.07, 6.45) is 0. The summed E-state index contributed by atoms with van der Waals surface area (Å²) in [5.74, 6) is 0.906. The second-order valence-electron chi connectivity index (χ2n) is 3.84. The van der Waals surface area contributed by atoms with Crippen LogP contribution in [0.2, 0.25) is 0 Å².